The third-order valence-corrected chi connectivity index (χ3v) is 7.88. The highest BCUT2D eigenvalue weighted by atomic mass is 16.5. The quantitative estimate of drug-likeness (QED) is 0.767. The second-order valence-corrected chi connectivity index (χ2v) is 10.1. The van der Waals surface area contributed by atoms with Gasteiger partial charge in [0.2, 0.25) is 5.91 Å². The molecular formula is C20H33N3O3. The molecule has 2 aliphatic heterocycles. The first-order valence-corrected chi connectivity index (χ1v) is 10.5. The van der Waals surface area contributed by atoms with Crippen LogP contribution in [0.3, 0.4) is 0 Å². The van der Waals surface area contributed by atoms with Crippen LogP contribution in [0.2, 0.25) is 0 Å². The van der Waals surface area contributed by atoms with E-state index in [0.717, 1.165) is 44.6 Å². The molecule has 1 amide bonds. The van der Waals surface area contributed by atoms with Gasteiger partial charge in [-0.05, 0) is 55.8 Å². The summed E-state index contributed by atoms with van der Waals surface area (Å²) in [5.74, 6) is 1.71. The molecule has 146 valence electrons. The number of ether oxygens (including phenoxy) is 1. The molecule has 4 aliphatic carbocycles. The Labute approximate surface area is 156 Å². The summed E-state index contributed by atoms with van der Waals surface area (Å²) >= 11 is 0. The van der Waals surface area contributed by atoms with E-state index in [0.29, 0.717) is 19.5 Å². The van der Waals surface area contributed by atoms with E-state index in [1.54, 1.807) is 0 Å². The van der Waals surface area contributed by atoms with Crippen molar-refractivity contribution in [2.24, 2.45) is 23.0 Å². The number of carbonyl (C=O) groups excluding carboxylic acids is 1. The van der Waals surface area contributed by atoms with Crippen LogP contribution < -0.4 is 5.73 Å². The van der Waals surface area contributed by atoms with E-state index in [2.05, 4.69) is 4.90 Å². The van der Waals surface area contributed by atoms with E-state index in [1.165, 1.54) is 32.1 Å². The maximum atomic E-state index is 13.1. The summed E-state index contributed by atoms with van der Waals surface area (Å²) < 4.78 is 5.42. The molecule has 0 aromatic heterocycles. The fourth-order valence-corrected chi connectivity index (χ4v) is 7.41. The van der Waals surface area contributed by atoms with E-state index in [9.17, 15) is 9.90 Å². The van der Waals surface area contributed by atoms with Crippen molar-refractivity contribution in [3.63, 3.8) is 0 Å². The number of carbonyl (C=O) groups is 1. The molecule has 0 radical (unpaired) electrons. The van der Waals surface area contributed by atoms with Crippen molar-refractivity contribution in [2.75, 3.05) is 39.4 Å². The van der Waals surface area contributed by atoms with Crippen LogP contribution in [0.4, 0.5) is 0 Å². The molecular weight excluding hydrogens is 330 g/mol. The number of nitrogens with two attached hydrogens (primary N) is 1. The minimum absolute atomic E-state index is 0.00871. The minimum atomic E-state index is -0.436. The van der Waals surface area contributed by atoms with Gasteiger partial charge in [0.05, 0.1) is 25.4 Å². The number of aliphatic hydroxyl groups is 1. The monoisotopic (exact) mass is 363 g/mol. The van der Waals surface area contributed by atoms with Crippen molar-refractivity contribution in [2.45, 2.75) is 62.6 Å². The lowest BCUT2D eigenvalue weighted by Gasteiger charge is -2.61. The summed E-state index contributed by atoms with van der Waals surface area (Å²) in [5, 5.41) is 10.5. The van der Waals surface area contributed by atoms with Gasteiger partial charge in [-0.1, -0.05) is 0 Å². The summed E-state index contributed by atoms with van der Waals surface area (Å²) in [6.07, 6.45) is 7.28. The average molecular weight is 364 g/mol. The zero-order chi connectivity index (χ0) is 17.9. The van der Waals surface area contributed by atoms with Gasteiger partial charge in [-0.3, -0.25) is 9.69 Å². The molecule has 6 heteroatoms. The third kappa shape index (κ3) is 2.99. The van der Waals surface area contributed by atoms with Crippen LogP contribution in [0.25, 0.3) is 0 Å². The number of hydrogen-bond donors (Lipinski definition) is 2. The Morgan fingerprint density at radius 2 is 1.81 bits per heavy atom. The Kier molecular flexibility index (Phi) is 4.12. The Balaban J connectivity index is 1.25. The minimum Gasteiger partial charge on any atom is -0.390 e. The number of rotatable bonds is 3. The molecule has 2 saturated heterocycles. The number of likely N-dealkylation sites (tertiary alicyclic amines) is 1. The van der Waals surface area contributed by atoms with Gasteiger partial charge in [0.15, 0.2) is 0 Å². The third-order valence-electron chi connectivity index (χ3n) is 7.88. The van der Waals surface area contributed by atoms with Gasteiger partial charge in [0.25, 0.3) is 0 Å². The molecule has 6 rings (SSSR count). The van der Waals surface area contributed by atoms with Crippen LogP contribution in [-0.4, -0.2) is 77.9 Å². The second kappa shape index (κ2) is 6.16. The van der Waals surface area contributed by atoms with Crippen molar-refractivity contribution in [3.8, 4) is 0 Å². The number of hydrogen-bond acceptors (Lipinski definition) is 5. The fourth-order valence-electron chi connectivity index (χ4n) is 7.41. The average Bonchev–Trinajstić information content (AvgIpc) is 2.95. The van der Waals surface area contributed by atoms with Crippen LogP contribution in [0.5, 0.6) is 0 Å². The molecule has 4 saturated carbocycles. The molecule has 2 unspecified atom stereocenters. The molecule has 0 aromatic rings. The topological polar surface area (TPSA) is 79.0 Å². The van der Waals surface area contributed by atoms with Crippen molar-refractivity contribution in [3.05, 3.63) is 0 Å². The molecule has 4 atom stereocenters. The van der Waals surface area contributed by atoms with E-state index < -0.39 is 6.10 Å². The van der Waals surface area contributed by atoms with Gasteiger partial charge in [-0.2, -0.15) is 0 Å². The number of amides is 1. The van der Waals surface area contributed by atoms with Crippen molar-refractivity contribution in [1.82, 2.24) is 9.80 Å². The zero-order valence-electron chi connectivity index (χ0n) is 15.7. The molecule has 3 N–H and O–H groups in total. The molecule has 6 nitrogen and oxygen atoms in total. The lowest BCUT2D eigenvalue weighted by atomic mass is 9.46. The maximum absolute atomic E-state index is 13.1. The number of nitrogens with zero attached hydrogens (tertiary/aromatic N) is 2. The highest BCUT2D eigenvalue weighted by molar-refractivity contribution is 5.77. The zero-order valence-corrected chi connectivity index (χ0v) is 15.7. The molecule has 6 aliphatic rings. The first-order chi connectivity index (χ1) is 12.4. The smallest absolute Gasteiger partial charge is 0.223 e. The molecule has 4 bridgehead atoms. The molecule has 0 spiro atoms. The summed E-state index contributed by atoms with van der Waals surface area (Å²) in [7, 11) is 0. The molecule has 0 aromatic carbocycles. The van der Waals surface area contributed by atoms with Gasteiger partial charge in [-0.15, -0.1) is 0 Å². The van der Waals surface area contributed by atoms with Gasteiger partial charge >= 0.3 is 0 Å². The number of β-amino-alcohol motifs (C(OH)–C–C–N with tert-alkyl or cyclic N) is 1. The van der Waals surface area contributed by atoms with Crippen molar-refractivity contribution < 1.29 is 14.6 Å². The van der Waals surface area contributed by atoms with Crippen LogP contribution in [0.15, 0.2) is 0 Å². The fraction of sp³-hybridized carbons (Fsp3) is 0.950. The van der Waals surface area contributed by atoms with E-state index in [-0.39, 0.29) is 22.9 Å². The van der Waals surface area contributed by atoms with Crippen LogP contribution in [-0.2, 0) is 9.53 Å². The summed E-state index contributed by atoms with van der Waals surface area (Å²) in [5.41, 5.74) is 6.82. The summed E-state index contributed by atoms with van der Waals surface area (Å²) in [6, 6.07) is 0.0695. The summed E-state index contributed by atoms with van der Waals surface area (Å²) in [4.78, 5) is 17.4. The predicted octanol–water partition coefficient (Wildman–Crippen LogP) is 0.578. The Bertz CT molecular complexity index is 563. The summed E-state index contributed by atoms with van der Waals surface area (Å²) in [6.45, 7) is 4.30. The normalized spacial score (nSPS) is 48.3. The lowest BCUT2D eigenvalue weighted by molar-refractivity contribution is -0.140. The Hall–Kier alpha value is -0.690. The first kappa shape index (κ1) is 17.4. The van der Waals surface area contributed by atoms with Gasteiger partial charge in [0.1, 0.15) is 0 Å². The highest BCUT2D eigenvalue weighted by Gasteiger charge is 2.57. The van der Waals surface area contributed by atoms with Crippen molar-refractivity contribution in [1.29, 1.82) is 0 Å². The number of morpholine rings is 1. The Morgan fingerprint density at radius 3 is 2.46 bits per heavy atom. The Morgan fingerprint density at radius 1 is 1.12 bits per heavy atom. The molecule has 2 heterocycles. The van der Waals surface area contributed by atoms with Gasteiger partial charge in [0, 0.05) is 38.1 Å². The van der Waals surface area contributed by atoms with E-state index >= 15 is 0 Å². The van der Waals surface area contributed by atoms with Crippen molar-refractivity contribution >= 4 is 5.91 Å². The molecule has 26 heavy (non-hydrogen) atoms. The maximum Gasteiger partial charge on any atom is 0.223 e. The van der Waals surface area contributed by atoms with Gasteiger partial charge < -0.3 is 20.5 Å². The standard InChI is InChI=1S/C20H33N3O3/c21-20-8-14-5-15(9-20)7-19(6-14,13-20)10-18(25)23-11-16(17(24)12-23)22-1-3-26-4-2-22/h14-17,24H,1-13,21H2/t14?,15?,16-,17-,19?,20?/m1/s1. The first-order valence-electron chi connectivity index (χ1n) is 10.5. The molecule has 6 fully saturated rings. The highest BCUT2D eigenvalue weighted by Crippen LogP contribution is 2.62. The van der Waals surface area contributed by atoms with E-state index in [4.69, 9.17) is 10.5 Å². The van der Waals surface area contributed by atoms with Crippen LogP contribution in [0.1, 0.15) is 44.9 Å². The SMILES string of the molecule is NC12CC3CC(C1)CC(CC(=O)N1C[C@@H](O)[C@H](N4CCOCC4)C1)(C3)C2. The second-order valence-electron chi connectivity index (χ2n) is 10.1. The predicted molar refractivity (Wildman–Crippen MR) is 97.4 cm³/mol. The van der Waals surface area contributed by atoms with E-state index in [1.807, 2.05) is 4.90 Å². The van der Waals surface area contributed by atoms with Crippen LogP contribution in [0, 0.1) is 17.3 Å². The van der Waals surface area contributed by atoms with Gasteiger partial charge in [-0.25, -0.2) is 0 Å². The largest absolute Gasteiger partial charge is 0.390 e. The van der Waals surface area contributed by atoms with Crippen LogP contribution >= 0.6 is 0 Å². The lowest BCUT2D eigenvalue weighted by Crippen LogP contribution is -2.60. The number of aliphatic hydroxyl groups excluding tert-OH is 1.